The molecule has 0 spiro atoms. The van der Waals surface area contributed by atoms with E-state index in [2.05, 4.69) is 53.4 Å². The summed E-state index contributed by atoms with van der Waals surface area (Å²) in [4.78, 5) is 3.61. The van der Waals surface area contributed by atoms with Crippen LogP contribution in [0.3, 0.4) is 0 Å². The van der Waals surface area contributed by atoms with Gasteiger partial charge in [-0.25, -0.2) is 0 Å². The van der Waals surface area contributed by atoms with E-state index >= 15 is 0 Å². The highest BCUT2D eigenvalue weighted by Crippen LogP contribution is 2.18. The second-order valence-corrected chi connectivity index (χ2v) is 7.00. The summed E-state index contributed by atoms with van der Waals surface area (Å²) in [6.07, 6.45) is 2.80. The van der Waals surface area contributed by atoms with Crippen LogP contribution in [0.15, 0.2) is 54.4 Å². The lowest BCUT2D eigenvalue weighted by molar-refractivity contribution is 0.318. The van der Waals surface area contributed by atoms with Crippen LogP contribution in [0.4, 0.5) is 0 Å². The highest BCUT2D eigenvalue weighted by atomic mass is 32.1. The van der Waals surface area contributed by atoms with Crippen molar-refractivity contribution in [3.8, 4) is 5.75 Å². The van der Waals surface area contributed by atoms with Crippen LogP contribution in [-0.2, 0) is 13.0 Å². The number of methoxy groups -OCH3 is 1. The molecular weight excluding hydrogens is 336 g/mol. The fraction of sp³-hybridized carbons (Fsp3) is 0.316. The summed E-state index contributed by atoms with van der Waals surface area (Å²) in [6, 6.07) is 12.7. The Morgan fingerprint density at radius 3 is 2.71 bits per heavy atom. The lowest BCUT2D eigenvalue weighted by Crippen LogP contribution is -2.45. The molecule has 0 radical (unpaired) electrons. The van der Waals surface area contributed by atoms with Crippen LogP contribution in [0.2, 0.25) is 0 Å². The first-order valence-corrected chi connectivity index (χ1v) is 9.23. The molecule has 0 saturated carbocycles. The van der Waals surface area contributed by atoms with Crippen molar-refractivity contribution in [1.82, 2.24) is 10.2 Å². The molecule has 0 amide bonds. The second-order valence-electron chi connectivity index (χ2n) is 5.58. The number of thiocarbonyl (C=S) groups is 1. The molecule has 0 bridgehead atoms. The van der Waals surface area contributed by atoms with E-state index in [1.54, 1.807) is 18.4 Å². The highest BCUT2D eigenvalue weighted by molar-refractivity contribution is 7.80. The van der Waals surface area contributed by atoms with Crippen molar-refractivity contribution < 1.29 is 4.74 Å². The Morgan fingerprint density at radius 2 is 2.12 bits per heavy atom. The van der Waals surface area contributed by atoms with E-state index in [0.717, 1.165) is 23.8 Å². The van der Waals surface area contributed by atoms with Gasteiger partial charge in [-0.05, 0) is 48.3 Å². The molecule has 0 fully saturated rings. The van der Waals surface area contributed by atoms with Crippen molar-refractivity contribution in [2.45, 2.75) is 25.9 Å². The molecule has 1 N–H and O–H groups in total. The monoisotopic (exact) mass is 360 g/mol. The van der Waals surface area contributed by atoms with Gasteiger partial charge in [0.05, 0.1) is 7.11 Å². The third-order valence-electron chi connectivity index (χ3n) is 3.78. The molecule has 2 aromatic rings. The number of benzene rings is 1. The van der Waals surface area contributed by atoms with Gasteiger partial charge in [-0.15, -0.1) is 17.9 Å². The molecule has 24 heavy (non-hydrogen) atoms. The molecule has 0 aliphatic heterocycles. The van der Waals surface area contributed by atoms with Crippen molar-refractivity contribution >= 4 is 28.7 Å². The van der Waals surface area contributed by atoms with Crippen molar-refractivity contribution in [3.63, 3.8) is 0 Å². The van der Waals surface area contributed by atoms with Gasteiger partial charge in [0.1, 0.15) is 5.75 Å². The summed E-state index contributed by atoms with van der Waals surface area (Å²) in [5, 5.41) is 6.13. The molecule has 0 unspecified atom stereocenters. The molecule has 1 aromatic carbocycles. The average Bonchev–Trinajstić information content (AvgIpc) is 3.10. The summed E-state index contributed by atoms with van der Waals surface area (Å²) in [5.41, 5.74) is 1.21. The largest absolute Gasteiger partial charge is 0.497 e. The Hall–Kier alpha value is -1.85. The van der Waals surface area contributed by atoms with Crippen LogP contribution in [0, 0.1) is 0 Å². The number of hydrogen-bond donors (Lipinski definition) is 1. The SMILES string of the molecule is C=CCNC(=S)N(Cc1ccc(OC)cc1)[C@@H](C)Cc1cccs1. The number of thiophene rings is 1. The Morgan fingerprint density at radius 1 is 1.38 bits per heavy atom. The van der Waals surface area contributed by atoms with Crippen molar-refractivity contribution in [2.24, 2.45) is 0 Å². The number of hydrogen-bond acceptors (Lipinski definition) is 3. The average molecular weight is 361 g/mol. The van der Waals surface area contributed by atoms with Gasteiger partial charge in [0.15, 0.2) is 5.11 Å². The maximum atomic E-state index is 5.61. The molecular formula is C19H24N2OS2. The van der Waals surface area contributed by atoms with Gasteiger partial charge in [-0.3, -0.25) is 0 Å². The predicted octanol–water partition coefficient (Wildman–Crippen LogP) is 4.25. The summed E-state index contributed by atoms with van der Waals surface area (Å²) in [5.74, 6) is 0.865. The van der Waals surface area contributed by atoms with E-state index in [4.69, 9.17) is 17.0 Å². The molecule has 1 heterocycles. The van der Waals surface area contributed by atoms with Gasteiger partial charge in [0, 0.05) is 30.4 Å². The zero-order valence-electron chi connectivity index (χ0n) is 14.2. The molecule has 1 atom stereocenters. The van der Waals surface area contributed by atoms with Crippen LogP contribution in [0.25, 0.3) is 0 Å². The van der Waals surface area contributed by atoms with Crippen LogP contribution < -0.4 is 10.1 Å². The minimum atomic E-state index is 0.301. The number of ether oxygens (including phenoxy) is 1. The zero-order valence-corrected chi connectivity index (χ0v) is 15.8. The maximum absolute atomic E-state index is 5.61. The fourth-order valence-corrected chi connectivity index (χ4v) is 3.60. The third kappa shape index (κ3) is 5.35. The lowest BCUT2D eigenvalue weighted by Gasteiger charge is -2.32. The molecule has 128 valence electrons. The Kier molecular flexibility index (Phi) is 7.28. The fourth-order valence-electron chi connectivity index (χ4n) is 2.45. The van der Waals surface area contributed by atoms with Gasteiger partial charge in [0.2, 0.25) is 0 Å². The standard InChI is InChI=1S/C19H24N2OS2/c1-4-11-20-19(23)21(15(2)13-18-6-5-12-24-18)14-16-7-9-17(22-3)10-8-16/h4-10,12,15H,1,11,13-14H2,2-3H3,(H,20,23)/t15-/m0/s1. The minimum Gasteiger partial charge on any atom is -0.497 e. The van der Waals surface area contributed by atoms with Gasteiger partial charge < -0.3 is 15.0 Å². The Balaban J connectivity index is 2.11. The Bertz CT molecular complexity index is 638. The predicted molar refractivity (Wildman–Crippen MR) is 107 cm³/mol. The van der Waals surface area contributed by atoms with Gasteiger partial charge in [0.25, 0.3) is 0 Å². The van der Waals surface area contributed by atoms with E-state index in [-0.39, 0.29) is 0 Å². The van der Waals surface area contributed by atoms with Gasteiger partial charge in [-0.2, -0.15) is 0 Å². The van der Waals surface area contributed by atoms with Crippen LogP contribution in [0.5, 0.6) is 5.75 Å². The second kappa shape index (κ2) is 9.45. The highest BCUT2D eigenvalue weighted by Gasteiger charge is 2.18. The van der Waals surface area contributed by atoms with E-state index in [1.165, 1.54) is 10.4 Å². The van der Waals surface area contributed by atoms with Crippen molar-refractivity contribution in [1.29, 1.82) is 0 Å². The first kappa shape index (κ1) is 18.5. The smallest absolute Gasteiger partial charge is 0.169 e. The lowest BCUT2D eigenvalue weighted by atomic mass is 10.1. The normalized spacial score (nSPS) is 11.6. The van der Waals surface area contributed by atoms with E-state index in [1.807, 2.05) is 18.2 Å². The molecule has 3 nitrogen and oxygen atoms in total. The number of rotatable bonds is 8. The molecule has 1 aromatic heterocycles. The van der Waals surface area contributed by atoms with Crippen LogP contribution in [0.1, 0.15) is 17.4 Å². The third-order valence-corrected chi connectivity index (χ3v) is 5.06. The summed E-state index contributed by atoms with van der Waals surface area (Å²) >= 11 is 7.39. The molecule has 2 rings (SSSR count). The summed E-state index contributed by atoms with van der Waals surface area (Å²) in [7, 11) is 1.68. The number of nitrogens with zero attached hydrogens (tertiary/aromatic N) is 1. The molecule has 0 saturated heterocycles. The molecule has 0 aliphatic carbocycles. The first-order chi connectivity index (χ1) is 11.6. The minimum absolute atomic E-state index is 0.301. The van der Waals surface area contributed by atoms with Crippen molar-refractivity contribution in [3.05, 3.63) is 64.9 Å². The topological polar surface area (TPSA) is 24.5 Å². The maximum Gasteiger partial charge on any atom is 0.169 e. The van der Waals surface area contributed by atoms with E-state index < -0.39 is 0 Å². The molecule has 5 heteroatoms. The quantitative estimate of drug-likeness (QED) is 0.562. The zero-order chi connectivity index (χ0) is 17.4. The summed E-state index contributed by atoms with van der Waals surface area (Å²) < 4.78 is 5.23. The summed E-state index contributed by atoms with van der Waals surface area (Å²) in [6.45, 7) is 7.39. The van der Waals surface area contributed by atoms with E-state index in [0.29, 0.717) is 12.6 Å². The Labute approximate surface area is 154 Å². The van der Waals surface area contributed by atoms with Crippen LogP contribution in [-0.4, -0.2) is 29.7 Å². The first-order valence-electron chi connectivity index (χ1n) is 7.94. The van der Waals surface area contributed by atoms with Crippen molar-refractivity contribution in [2.75, 3.05) is 13.7 Å². The molecule has 0 aliphatic rings. The van der Waals surface area contributed by atoms with E-state index in [9.17, 15) is 0 Å². The van der Waals surface area contributed by atoms with Gasteiger partial charge >= 0.3 is 0 Å². The van der Waals surface area contributed by atoms with Gasteiger partial charge in [-0.1, -0.05) is 24.3 Å². The number of nitrogens with one attached hydrogen (secondary N) is 1. The van der Waals surface area contributed by atoms with Crippen LogP contribution >= 0.6 is 23.6 Å².